The van der Waals surface area contributed by atoms with Gasteiger partial charge >= 0.3 is 11.9 Å². The van der Waals surface area contributed by atoms with Crippen molar-refractivity contribution in [2.24, 2.45) is 0 Å². The average Bonchev–Trinajstić information content (AvgIpc) is 2.73. The summed E-state index contributed by atoms with van der Waals surface area (Å²) in [4.78, 5) is 50.1. The summed E-state index contributed by atoms with van der Waals surface area (Å²) >= 11 is 0. The lowest BCUT2D eigenvalue weighted by Gasteiger charge is -2.20. The third-order valence-electron chi connectivity index (χ3n) is 5.62. The molecule has 0 saturated heterocycles. The lowest BCUT2D eigenvalue weighted by atomic mass is 9.92. The molecule has 0 aliphatic heterocycles. The first-order valence-corrected chi connectivity index (χ1v) is 10.4. The van der Waals surface area contributed by atoms with Crippen LogP contribution in [0.4, 0.5) is 0 Å². The van der Waals surface area contributed by atoms with Crippen molar-refractivity contribution >= 4 is 33.8 Å². The largest absolute Gasteiger partial charge is 0.477 e. The molecule has 2 heterocycles. The van der Waals surface area contributed by atoms with E-state index in [1.807, 2.05) is 6.92 Å². The van der Waals surface area contributed by atoms with E-state index in [1.165, 1.54) is 4.57 Å². The van der Waals surface area contributed by atoms with Gasteiger partial charge in [0, 0.05) is 18.2 Å². The zero-order valence-electron chi connectivity index (χ0n) is 18.0. The predicted octanol–water partition coefficient (Wildman–Crippen LogP) is 3.60. The molecule has 2 N–H and O–H groups in total. The van der Waals surface area contributed by atoms with E-state index in [0.29, 0.717) is 41.3 Å². The second-order valence-corrected chi connectivity index (χ2v) is 7.33. The van der Waals surface area contributed by atoms with Gasteiger partial charge in [-0.15, -0.1) is 0 Å². The molecule has 0 atom stereocenters. The number of nitrogens with zero attached hydrogens (tertiary/aromatic N) is 1. The minimum atomic E-state index is -1.34. The van der Waals surface area contributed by atoms with E-state index in [-0.39, 0.29) is 35.2 Å². The number of aromatic nitrogens is 1. The topological polar surface area (TPSA) is 127 Å². The average molecular weight is 427 g/mol. The van der Waals surface area contributed by atoms with E-state index in [0.717, 1.165) is 6.07 Å². The molecule has 2 aromatic heterocycles. The van der Waals surface area contributed by atoms with Crippen LogP contribution in [-0.4, -0.2) is 26.7 Å². The molecular weight excluding hydrogens is 402 g/mol. The summed E-state index contributed by atoms with van der Waals surface area (Å²) in [6.07, 6.45) is 1.49. The van der Waals surface area contributed by atoms with Gasteiger partial charge in [0.15, 0.2) is 10.9 Å². The fourth-order valence-electron chi connectivity index (χ4n) is 4.38. The molecule has 3 rings (SSSR count). The molecule has 1 aromatic carbocycles. The minimum absolute atomic E-state index is 0.0504. The number of pyridine rings is 1. The molecule has 0 fully saturated rings. The van der Waals surface area contributed by atoms with E-state index < -0.39 is 28.6 Å². The molecular formula is C23H25NO7. The van der Waals surface area contributed by atoms with Crippen LogP contribution in [0.2, 0.25) is 0 Å². The van der Waals surface area contributed by atoms with E-state index >= 15 is 0 Å². The highest BCUT2D eigenvalue weighted by Gasteiger charge is 2.27. The van der Waals surface area contributed by atoms with Crippen molar-refractivity contribution < 1.29 is 24.2 Å². The van der Waals surface area contributed by atoms with Crippen LogP contribution in [0.25, 0.3) is 21.9 Å². The Labute approximate surface area is 177 Å². The van der Waals surface area contributed by atoms with Gasteiger partial charge < -0.3 is 19.2 Å². The standard InChI is InChI=1S/C23H25NO7/c1-5-9-13-18-16(15(25)10-14(22(27)28)24(18)8-4)11(6-2)17-19(26)12(7-3)21(23(29)30)31-20(13)17/h10H,5-9H2,1-4H3,(H,27,28)(H,29,30). The monoisotopic (exact) mass is 427 g/mol. The summed E-state index contributed by atoms with van der Waals surface area (Å²) in [7, 11) is 0. The van der Waals surface area contributed by atoms with Crippen molar-refractivity contribution in [3.05, 3.63) is 54.7 Å². The van der Waals surface area contributed by atoms with E-state index in [9.17, 15) is 29.4 Å². The second-order valence-electron chi connectivity index (χ2n) is 7.33. The van der Waals surface area contributed by atoms with Crippen LogP contribution in [0, 0.1) is 0 Å². The summed E-state index contributed by atoms with van der Waals surface area (Å²) in [6.45, 7) is 7.41. The van der Waals surface area contributed by atoms with Crippen LogP contribution >= 0.6 is 0 Å². The van der Waals surface area contributed by atoms with Crippen molar-refractivity contribution in [2.45, 2.75) is 59.9 Å². The Balaban J connectivity index is 2.82. The van der Waals surface area contributed by atoms with Gasteiger partial charge in [0.25, 0.3) is 0 Å². The highest BCUT2D eigenvalue weighted by atomic mass is 16.4. The molecule has 0 amide bonds. The predicted molar refractivity (Wildman–Crippen MR) is 117 cm³/mol. The summed E-state index contributed by atoms with van der Waals surface area (Å²) < 4.78 is 7.36. The molecule has 0 bridgehead atoms. The van der Waals surface area contributed by atoms with Gasteiger partial charge in [-0.2, -0.15) is 0 Å². The molecule has 164 valence electrons. The van der Waals surface area contributed by atoms with Gasteiger partial charge in [0.1, 0.15) is 11.3 Å². The van der Waals surface area contributed by atoms with Crippen LogP contribution in [0.15, 0.2) is 20.1 Å². The molecule has 0 aliphatic rings. The second kappa shape index (κ2) is 8.37. The van der Waals surface area contributed by atoms with Gasteiger partial charge in [-0.3, -0.25) is 9.59 Å². The molecule has 8 nitrogen and oxygen atoms in total. The van der Waals surface area contributed by atoms with E-state index in [4.69, 9.17) is 4.42 Å². The molecule has 3 aromatic rings. The number of fused-ring (bicyclic) bond motifs is 2. The Morgan fingerprint density at radius 2 is 1.58 bits per heavy atom. The maximum atomic E-state index is 13.4. The Kier molecular flexibility index (Phi) is 6.01. The number of aryl methyl sites for hydroxylation is 3. The number of hydrogen-bond acceptors (Lipinski definition) is 5. The van der Waals surface area contributed by atoms with Crippen LogP contribution < -0.4 is 10.9 Å². The van der Waals surface area contributed by atoms with Crippen LogP contribution in [0.1, 0.15) is 71.8 Å². The maximum absolute atomic E-state index is 13.4. The number of benzene rings is 1. The van der Waals surface area contributed by atoms with Crippen molar-refractivity contribution in [2.75, 3.05) is 0 Å². The Morgan fingerprint density at radius 1 is 0.935 bits per heavy atom. The summed E-state index contributed by atoms with van der Waals surface area (Å²) in [5.74, 6) is -3.00. The van der Waals surface area contributed by atoms with Crippen molar-refractivity contribution in [1.29, 1.82) is 0 Å². The summed E-state index contributed by atoms with van der Waals surface area (Å²) in [5.41, 5.74) is 0.398. The van der Waals surface area contributed by atoms with Gasteiger partial charge in [-0.05, 0) is 31.7 Å². The lowest BCUT2D eigenvalue weighted by molar-refractivity contribution is 0.0657. The fourth-order valence-corrected chi connectivity index (χ4v) is 4.38. The third kappa shape index (κ3) is 3.32. The first-order valence-electron chi connectivity index (χ1n) is 10.4. The highest BCUT2D eigenvalue weighted by Crippen LogP contribution is 2.33. The van der Waals surface area contributed by atoms with Gasteiger partial charge in [-0.25, -0.2) is 9.59 Å². The van der Waals surface area contributed by atoms with Crippen LogP contribution in [0.5, 0.6) is 0 Å². The quantitative estimate of drug-likeness (QED) is 0.552. The SMILES string of the molecule is CCCc1c2oc(C(=O)O)c(CC)c(=O)c2c(CC)c2c(=O)cc(C(=O)O)n(CC)c12. The molecule has 31 heavy (non-hydrogen) atoms. The number of aromatic carboxylic acids is 2. The molecule has 0 spiro atoms. The zero-order chi connectivity index (χ0) is 23.0. The lowest BCUT2D eigenvalue weighted by Crippen LogP contribution is -2.23. The molecule has 0 saturated carbocycles. The summed E-state index contributed by atoms with van der Waals surface area (Å²) in [6, 6.07) is 1.09. The number of rotatable bonds is 7. The highest BCUT2D eigenvalue weighted by molar-refractivity contribution is 6.04. The molecule has 0 radical (unpaired) electrons. The third-order valence-corrected chi connectivity index (χ3v) is 5.62. The Bertz CT molecular complexity index is 1340. The number of carboxylic acid groups (broad SMARTS) is 2. The molecule has 0 unspecified atom stereocenters. The number of hydrogen-bond donors (Lipinski definition) is 2. The van der Waals surface area contributed by atoms with Gasteiger partial charge in [0.2, 0.25) is 5.76 Å². The van der Waals surface area contributed by atoms with Crippen molar-refractivity contribution in [3.8, 4) is 0 Å². The fraction of sp³-hybridized carbons (Fsp3) is 0.391. The number of carboxylic acids is 2. The smallest absolute Gasteiger partial charge is 0.372 e. The molecule has 8 heteroatoms. The van der Waals surface area contributed by atoms with E-state index in [1.54, 1.807) is 20.8 Å². The maximum Gasteiger partial charge on any atom is 0.372 e. The van der Waals surface area contributed by atoms with Crippen molar-refractivity contribution in [1.82, 2.24) is 4.57 Å². The van der Waals surface area contributed by atoms with Gasteiger partial charge in [-0.1, -0.05) is 27.2 Å². The first kappa shape index (κ1) is 22.3. The molecule has 0 aliphatic carbocycles. The zero-order valence-corrected chi connectivity index (χ0v) is 18.0. The van der Waals surface area contributed by atoms with E-state index in [2.05, 4.69) is 0 Å². The van der Waals surface area contributed by atoms with Crippen LogP contribution in [-0.2, 0) is 25.8 Å². The van der Waals surface area contributed by atoms with Crippen molar-refractivity contribution in [3.63, 3.8) is 0 Å². The first-order chi connectivity index (χ1) is 14.7. The Morgan fingerprint density at radius 3 is 2.06 bits per heavy atom. The van der Waals surface area contributed by atoms with Gasteiger partial charge in [0.05, 0.1) is 21.9 Å². The minimum Gasteiger partial charge on any atom is -0.477 e. The van der Waals surface area contributed by atoms with Crippen LogP contribution in [0.3, 0.4) is 0 Å². The normalized spacial score (nSPS) is 11.4. The Hall–Kier alpha value is -3.42. The number of carbonyl (C=O) groups is 2. The summed E-state index contributed by atoms with van der Waals surface area (Å²) in [5, 5.41) is 19.8.